The smallest absolute Gasteiger partial charge is 0.119 e. The summed E-state index contributed by atoms with van der Waals surface area (Å²) in [5.74, 6) is 0.906. The van der Waals surface area contributed by atoms with Crippen LogP contribution in [0.2, 0.25) is 0 Å². The first-order valence-corrected chi connectivity index (χ1v) is 5.68. The second-order valence-corrected chi connectivity index (χ2v) is 3.70. The Kier molecular flexibility index (Phi) is 5.90. The van der Waals surface area contributed by atoms with Crippen molar-refractivity contribution in [2.45, 2.75) is 19.4 Å². The van der Waals surface area contributed by atoms with E-state index in [0.717, 1.165) is 25.4 Å². The van der Waals surface area contributed by atoms with Gasteiger partial charge in [0.25, 0.3) is 0 Å². The van der Waals surface area contributed by atoms with Crippen molar-refractivity contribution in [2.75, 3.05) is 27.4 Å². The largest absolute Gasteiger partial charge is 0.497 e. The molecule has 0 saturated carbocycles. The van der Waals surface area contributed by atoms with Crippen molar-refractivity contribution >= 4 is 0 Å². The van der Waals surface area contributed by atoms with E-state index in [1.54, 1.807) is 7.11 Å². The highest BCUT2D eigenvalue weighted by Crippen LogP contribution is 2.14. The fraction of sp³-hybridized carbons (Fsp3) is 0.538. The van der Waals surface area contributed by atoms with Crippen molar-refractivity contribution in [1.82, 2.24) is 5.32 Å². The lowest BCUT2D eigenvalue weighted by Gasteiger charge is -2.16. The number of ether oxygens (including phenoxy) is 2. The van der Waals surface area contributed by atoms with Crippen LogP contribution in [0.4, 0.5) is 0 Å². The van der Waals surface area contributed by atoms with Gasteiger partial charge in [0.15, 0.2) is 0 Å². The van der Waals surface area contributed by atoms with Crippen molar-refractivity contribution < 1.29 is 9.47 Å². The monoisotopic (exact) mass is 223 g/mol. The molecule has 1 aromatic carbocycles. The topological polar surface area (TPSA) is 30.5 Å². The van der Waals surface area contributed by atoms with Crippen LogP contribution in [0.3, 0.4) is 0 Å². The summed E-state index contributed by atoms with van der Waals surface area (Å²) in [7, 11) is 3.65. The van der Waals surface area contributed by atoms with Gasteiger partial charge in [-0.25, -0.2) is 0 Å². The van der Waals surface area contributed by atoms with Gasteiger partial charge in [0.05, 0.1) is 13.7 Å². The zero-order valence-corrected chi connectivity index (χ0v) is 10.3. The summed E-state index contributed by atoms with van der Waals surface area (Å²) in [6, 6.07) is 8.50. The first-order valence-electron chi connectivity index (χ1n) is 5.68. The van der Waals surface area contributed by atoms with E-state index in [9.17, 15) is 0 Å². The molecule has 90 valence electrons. The van der Waals surface area contributed by atoms with Gasteiger partial charge in [0.2, 0.25) is 0 Å². The summed E-state index contributed by atoms with van der Waals surface area (Å²) in [4.78, 5) is 0. The molecule has 16 heavy (non-hydrogen) atoms. The molecule has 0 fully saturated rings. The first kappa shape index (κ1) is 13.0. The fourth-order valence-corrected chi connectivity index (χ4v) is 1.59. The average molecular weight is 223 g/mol. The summed E-state index contributed by atoms with van der Waals surface area (Å²) in [6.07, 6.45) is 0.952. The van der Waals surface area contributed by atoms with Gasteiger partial charge in [-0.1, -0.05) is 12.1 Å². The van der Waals surface area contributed by atoms with Crippen LogP contribution in [-0.4, -0.2) is 33.4 Å². The number of hydrogen-bond donors (Lipinski definition) is 1. The molecule has 0 spiro atoms. The number of hydrogen-bond acceptors (Lipinski definition) is 3. The van der Waals surface area contributed by atoms with E-state index in [0.29, 0.717) is 6.04 Å². The number of benzene rings is 1. The third-order valence-electron chi connectivity index (χ3n) is 2.55. The third kappa shape index (κ3) is 4.21. The van der Waals surface area contributed by atoms with E-state index in [1.807, 2.05) is 26.1 Å². The van der Waals surface area contributed by atoms with Gasteiger partial charge in [0.1, 0.15) is 5.75 Å². The Bertz CT molecular complexity index is 302. The molecular formula is C13H21NO2. The van der Waals surface area contributed by atoms with Crippen LogP contribution in [0, 0.1) is 0 Å². The Morgan fingerprint density at radius 3 is 2.81 bits per heavy atom. The lowest BCUT2D eigenvalue weighted by molar-refractivity contribution is 0.125. The highest BCUT2D eigenvalue weighted by atomic mass is 16.5. The van der Waals surface area contributed by atoms with Crippen LogP contribution < -0.4 is 10.1 Å². The molecule has 0 saturated heterocycles. The zero-order chi connectivity index (χ0) is 11.8. The van der Waals surface area contributed by atoms with Crippen LogP contribution >= 0.6 is 0 Å². The molecule has 0 amide bonds. The summed E-state index contributed by atoms with van der Waals surface area (Å²) >= 11 is 0. The molecule has 3 nitrogen and oxygen atoms in total. The summed E-state index contributed by atoms with van der Waals surface area (Å²) in [5.41, 5.74) is 1.26. The SMILES string of the molecule is CCOCC(Cc1cccc(OC)c1)NC. The Morgan fingerprint density at radius 1 is 1.38 bits per heavy atom. The average Bonchev–Trinajstić information content (AvgIpc) is 2.34. The minimum atomic E-state index is 0.354. The quantitative estimate of drug-likeness (QED) is 0.765. The molecular weight excluding hydrogens is 202 g/mol. The summed E-state index contributed by atoms with van der Waals surface area (Å²) in [5, 5.41) is 3.26. The van der Waals surface area contributed by atoms with Gasteiger partial charge in [-0.15, -0.1) is 0 Å². The predicted octanol–water partition coefficient (Wildman–Crippen LogP) is 1.86. The number of nitrogens with one attached hydrogen (secondary N) is 1. The first-order chi connectivity index (χ1) is 7.80. The van der Waals surface area contributed by atoms with Crippen LogP contribution in [0.1, 0.15) is 12.5 Å². The Labute approximate surface area is 97.8 Å². The molecule has 3 heteroatoms. The third-order valence-corrected chi connectivity index (χ3v) is 2.55. The van der Waals surface area contributed by atoms with Crippen molar-refractivity contribution in [3.8, 4) is 5.75 Å². The number of rotatable bonds is 7. The van der Waals surface area contributed by atoms with E-state index in [2.05, 4.69) is 17.4 Å². The van der Waals surface area contributed by atoms with Crippen LogP contribution in [0.25, 0.3) is 0 Å². The van der Waals surface area contributed by atoms with Crippen LogP contribution in [-0.2, 0) is 11.2 Å². The van der Waals surface area contributed by atoms with Gasteiger partial charge in [-0.3, -0.25) is 0 Å². The van der Waals surface area contributed by atoms with Crippen molar-refractivity contribution in [3.63, 3.8) is 0 Å². The van der Waals surface area contributed by atoms with Crippen LogP contribution in [0.15, 0.2) is 24.3 Å². The molecule has 0 bridgehead atoms. The molecule has 1 unspecified atom stereocenters. The van der Waals surface area contributed by atoms with E-state index < -0.39 is 0 Å². The molecule has 0 aliphatic rings. The molecule has 1 aromatic rings. The second-order valence-electron chi connectivity index (χ2n) is 3.70. The molecule has 0 heterocycles. The van der Waals surface area contributed by atoms with Crippen molar-refractivity contribution in [1.29, 1.82) is 0 Å². The van der Waals surface area contributed by atoms with Gasteiger partial charge in [-0.05, 0) is 38.1 Å². The molecule has 1 N–H and O–H groups in total. The van der Waals surface area contributed by atoms with Gasteiger partial charge in [-0.2, -0.15) is 0 Å². The normalized spacial score (nSPS) is 12.4. The molecule has 0 aliphatic heterocycles. The van der Waals surface area contributed by atoms with Crippen LogP contribution in [0.5, 0.6) is 5.75 Å². The standard InChI is InChI=1S/C13H21NO2/c1-4-16-10-12(14-2)8-11-6-5-7-13(9-11)15-3/h5-7,9,12,14H,4,8,10H2,1-3H3. The van der Waals surface area contributed by atoms with Crippen molar-refractivity contribution in [3.05, 3.63) is 29.8 Å². The maximum Gasteiger partial charge on any atom is 0.119 e. The number of methoxy groups -OCH3 is 1. The number of likely N-dealkylation sites (N-methyl/N-ethyl adjacent to an activating group) is 1. The minimum absolute atomic E-state index is 0.354. The van der Waals surface area contributed by atoms with Gasteiger partial charge in [0, 0.05) is 12.6 Å². The predicted molar refractivity (Wildman–Crippen MR) is 66.0 cm³/mol. The van der Waals surface area contributed by atoms with Crippen molar-refractivity contribution in [2.24, 2.45) is 0 Å². The van der Waals surface area contributed by atoms with E-state index in [1.165, 1.54) is 5.56 Å². The molecule has 1 rings (SSSR count). The maximum absolute atomic E-state index is 5.42. The second kappa shape index (κ2) is 7.25. The Morgan fingerprint density at radius 2 is 2.19 bits per heavy atom. The lowest BCUT2D eigenvalue weighted by Crippen LogP contribution is -2.32. The van der Waals surface area contributed by atoms with E-state index >= 15 is 0 Å². The highest BCUT2D eigenvalue weighted by molar-refractivity contribution is 5.28. The molecule has 0 aromatic heterocycles. The summed E-state index contributed by atoms with van der Waals surface area (Å²) < 4.78 is 10.6. The fourth-order valence-electron chi connectivity index (χ4n) is 1.59. The molecule has 0 radical (unpaired) electrons. The Balaban J connectivity index is 2.55. The highest BCUT2D eigenvalue weighted by Gasteiger charge is 2.07. The summed E-state index contributed by atoms with van der Waals surface area (Å²) in [6.45, 7) is 3.51. The molecule has 1 atom stereocenters. The lowest BCUT2D eigenvalue weighted by atomic mass is 10.1. The van der Waals surface area contributed by atoms with E-state index in [4.69, 9.17) is 9.47 Å². The molecule has 0 aliphatic carbocycles. The zero-order valence-electron chi connectivity index (χ0n) is 10.3. The Hall–Kier alpha value is -1.06. The maximum atomic E-state index is 5.42. The van der Waals surface area contributed by atoms with E-state index in [-0.39, 0.29) is 0 Å². The van der Waals surface area contributed by atoms with Gasteiger partial charge >= 0.3 is 0 Å². The minimum Gasteiger partial charge on any atom is -0.497 e. The van der Waals surface area contributed by atoms with Gasteiger partial charge < -0.3 is 14.8 Å².